The van der Waals surface area contributed by atoms with Crippen molar-refractivity contribution in [3.63, 3.8) is 0 Å². The molecule has 1 aliphatic carbocycles. The highest BCUT2D eigenvalue weighted by molar-refractivity contribution is 5.85. The second-order valence-electron chi connectivity index (χ2n) is 9.18. The summed E-state index contributed by atoms with van der Waals surface area (Å²) in [4.78, 5) is 20.7. The normalized spacial score (nSPS) is 20.9. The molecule has 0 bridgehead atoms. The van der Waals surface area contributed by atoms with E-state index in [1.807, 2.05) is 12.3 Å². The summed E-state index contributed by atoms with van der Waals surface area (Å²) < 4.78 is 12.2. The molecule has 34 heavy (non-hydrogen) atoms. The zero-order chi connectivity index (χ0) is 23.2. The Hall–Kier alpha value is -3.00. The molecule has 1 saturated heterocycles. The van der Waals surface area contributed by atoms with Gasteiger partial charge in [0.25, 0.3) is 0 Å². The molecule has 1 aromatic carbocycles. The van der Waals surface area contributed by atoms with Crippen molar-refractivity contribution in [2.24, 2.45) is 0 Å². The lowest BCUT2D eigenvalue weighted by Crippen LogP contribution is -2.36. The van der Waals surface area contributed by atoms with Gasteiger partial charge in [-0.1, -0.05) is 13.3 Å². The molecule has 8 nitrogen and oxygen atoms in total. The number of aryl methyl sites for hydroxylation is 1. The van der Waals surface area contributed by atoms with E-state index in [-0.39, 0.29) is 6.10 Å². The first-order chi connectivity index (χ1) is 16.8. The van der Waals surface area contributed by atoms with Gasteiger partial charge in [0.1, 0.15) is 11.3 Å². The van der Waals surface area contributed by atoms with Crippen molar-refractivity contribution < 1.29 is 9.47 Å². The number of hydrogen-bond acceptors (Lipinski definition) is 8. The van der Waals surface area contributed by atoms with Crippen molar-refractivity contribution in [1.82, 2.24) is 19.9 Å². The lowest BCUT2D eigenvalue weighted by Gasteiger charge is -2.31. The number of ether oxygens (including phenoxy) is 2. The van der Waals surface area contributed by atoms with Crippen molar-refractivity contribution in [3.8, 4) is 5.75 Å². The van der Waals surface area contributed by atoms with E-state index in [4.69, 9.17) is 19.4 Å². The first kappa shape index (κ1) is 22.8. The van der Waals surface area contributed by atoms with E-state index in [0.717, 1.165) is 99.4 Å². The Bertz CT molecular complexity index is 1070. The van der Waals surface area contributed by atoms with E-state index < -0.39 is 0 Å². The second-order valence-corrected chi connectivity index (χ2v) is 9.18. The van der Waals surface area contributed by atoms with Gasteiger partial charge in [-0.15, -0.1) is 0 Å². The van der Waals surface area contributed by atoms with Crippen LogP contribution in [0.4, 0.5) is 11.6 Å². The number of benzene rings is 1. The van der Waals surface area contributed by atoms with E-state index in [0.29, 0.717) is 12.0 Å². The number of nitrogens with zero attached hydrogens (tertiary/aromatic N) is 5. The Morgan fingerprint density at radius 3 is 2.62 bits per heavy atom. The van der Waals surface area contributed by atoms with Crippen molar-refractivity contribution in [2.75, 3.05) is 36.5 Å². The van der Waals surface area contributed by atoms with Gasteiger partial charge in [-0.2, -0.15) is 0 Å². The van der Waals surface area contributed by atoms with E-state index in [1.165, 1.54) is 0 Å². The van der Waals surface area contributed by atoms with Crippen LogP contribution < -0.4 is 15.0 Å². The molecular weight excluding hydrogens is 428 g/mol. The summed E-state index contributed by atoms with van der Waals surface area (Å²) in [7, 11) is 0. The quantitative estimate of drug-likeness (QED) is 0.527. The van der Waals surface area contributed by atoms with Crippen LogP contribution in [-0.4, -0.2) is 58.4 Å². The Morgan fingerprint density at radius 1 is 1.06 bits per heavy atom. The van der Waals surface area contributed by atoms with Crippen molar-refractivity contribution >= 4 is 22.7 Å². The Morgan fingerprint density at radius 2 is 1.85 bits per heavy atom. The maximum absolute atomic E-state index is 6.64. The number of morpholine rings is 1. The van der Waals surface area contributed by atoms with Crippen LogP contribution in [-0.2, 0) is 11.2 Å². The zero-order valence-corrected chi connectivity index (χ0v) is 19.9. The molecule has 0 unspecified atom stereocenters. The van der Waals surface area contributed by atoms with E-state index >= 15 is 0 Å². The molecule has 1 N–H and O–H groups in total. The lowest BCUT2D eigenvalue weighted by molar-refractivity contribution is 0.122. The van der Waals surface area contributed by atoms with Gasteiger partial charge in [0.05, 0.1) is 30.5 Å². The predicted octanol–water partition coefficient (Wildman–Crippen LogP) is 4.40. The monoisotopic (exact) mass is 462 g/mol. The summed E-state index contributed by atoms with van der Waals surface area (Å²) in [6.07, 6.45) is 12.9. The number of aromatic nitrogens is 4. The average Bonchev–Trinajstić information content (AvgIpc) is 2.89. The minimum Gasteiger partial charge on any atom is -0.488 e. The molecular formula is C26H34N6O2. The molecule has 2 aromatic heterocycles. The minimum atomic E-state index is 0.166. The van der Waals surface area contributed by atoms with E-state index in [9.17, 15) is 0 Å². The van der Waals surface area contributed by atoms with Crippen LogP contribution >= 0.6 is 0 Å². The van der Waals surface area contributed by atoms with Crippen LogP contribution in [0.25, 0.3) is 11.0 Å². The molecule has 1 aliphatic heterocycles. The smallest absolute Gasteiger partial charge is 0.222 e. The molecule has 2 aliphatic rings. The Balaban J connectivity index is 1.33. The SMILES string of the molecule is CCCCc1cnc2cc(N3CCOCC3)cc(OC3CCC(Nc4ncccn4)CC3)c2n1. The molecule has 0 spiro atoms. The highest BCUT2D eigenvalue weighted by atomic mass is 16.5. The highest BCUT2D eigenvalue weighted by Crippen LogP contribution is 2.33. The summed E-state index contributed by atoms with van der Waals surface area (Å²) in [5.41, 5.74) is 3.95. The van der Waals surface area contributed by atoms with Crippen LogP contribution in [0.2, 0.25) is 0 Å². The van der Waals surface area contributed by atoms with E-state index in [1.54, 1.807) is 12.4 Å². The van der Waals surface area contributed by atoms with Crippen LogP contribution in [0.3, 0.4) is 0 Å². The molecule has 0 radical (unpaired) electrons. The zero-order valence-electron chi connectivity index (χ0n) is 19.9. The number of nitrogens with one attached hydrogen (secondary N) is 1. The van der Waals surface area contributed by atoms with Gasteiger partial charge >= 0.3 is 0 Å². The maximum Gasteiger partial charge on any atom is 0.222 e. The topological polar surface area (TPSA) is 85.3 Å². The van der Waals surface area contributed by atoms with Gasteiger partial charge in [0.15, 0.2) is 0 Å². The molecule has 8 heteroatoms. The first-order valence-corrected chi connectivity index (χ1v) is 12.6. The first-order valence-electron chi connectivity index (χ1n) is 12.6. The molecule has 0 amide bonds. The highest BCUT2D eigenvalue weighted by Gasteiger charge is 2.25. The standard InChI is InChI=1S/C26H34N6O2/c1-2-3-5-20-18-29-23-16-21(32-12-14-33-15-13-32)17-24(25(23)30-20)34-22-8-6-19(7-9-22)31-26-27-10-4-11-28-26/h4,10-11,16-19,22H,2-3,5-9,12-15H2,1H3,(H,27,28,31). The van der Waals surface area contributed by atoms with Crippen molar-refractivity contribution in [3.05, 3.63) is 42.5 Å². The summed E-state index contributed by atoms with van der Waals surface area (Å²) in [5.74, 6) is 1.55. The fourth-order valence-corrected chi connectivity index (χ4v) is 4.74. The van der Waals surface area contributed by atoms with Gasteiger partial charge in [-0.25, -0.2) is 15.0 Å². The van der Waals surface area contributed by atoms with Gasteiger partial charge < -0.3 is 19.7 Å². The van der Waals surface area contributed by atoms with Crippen LogP contribution in [0.15, 0.2) is 36.8 Å². The average molecular weight is 463 g/mol. The van der Waals surface area contributed by atoms with E-state index in [2.05, 4.69) is 39.2 Å². The second kappa shape index (κ2) is 11.0. The minimum absolute atomic E-state index is 0.166. The number of unbranched alkanes of at least 4 members (excludes halogenated alkanes) is 1. The third-order valence-electron chi connectivity index (χ3n) is 6.68. The lowest BCUT2D eigenvalue weighted by atomic mass is 9.93. The number of anilines is 2. The Kier molecular flexibility index (Phi) is 7.34. The van der Waals surface area contributed by atoms with Gasteiger partial charge in [-0.3, -0.25) is 4.98 Å². The molecule has 3 aromatic rings. The van der Waals surface area contributed by atoms with Crippen LogP contribution in [0.5, 0.6) is 5.75 Å². The molecule has 5 rings (SSSR count). The molecule has 1 saturated carbocycles. The fraction of sp³-hybridized carbons (Fsp3) is 0.538. The summed E-state index contributed by atoms with van der Waals surface area (Å²) in [5, 5.41) is 3.46. The van der Waals surface area contributed by atoms with Crippen LogP contribution in [0, 0.1) is 0 Å². The number of hydrogen-bond donors (Lipinski definition) is 1. The summed E-state index contributed by atoms with van der Waals surface area (Å²) in [6.45, 7) is 5.46. The fourth-order valence-electron chi connectivity index (χ4n) is 4.74. The third kappa shape index (κ3) is 5.55. The van der Waals surface area contributed by atoms with Gasteiger partial charge in [-0.05, 0) is 50.7 Å². The van der Waals surface area contributed by atoms with Crippen molar-refractivity contribution in [1.29, 1.82) is 0 Å². The Labute approximate surface area is 201 Å². The molecule has 0 atom stereocenters. The van der Waals surface area contributed by atoms with Gasteiger partial charge in [0, 0.05) is 49.5 Å². The number of rotatable bonds is 8. The predicted molar refractivity (Wildman–Crippen MR) is 134 cm³/mol. The largest absolute Gasteiger partial charge is 0.488 e. The number of fused-ring (bicyclic) bond motifs is 1. The molecule has 2 fully saturated rings. The van der Waals surface area contributed by atoms with Crippen LogP contribution in [0.1, 0.15) is 51.1 Å². The van der Waals surface area contributed by atoms with Crippen molar-refractivity contribution in [2.45, 2.75) is 64.0 Å². The molecule has 3 heterocycles. The summed E-state index contributed by atoms with van der Waals surface area (Å²) in [6, 6.07) is 6.51. The third-order valence-corrected chi connectivity index (χ3v) is 6.68. The van der Waals surface area contributed by atoms with Gasteiger partial charge in [0.2, 0.25) is 5.95 Å². The summed E-state index contributed by atoms with van der Waals surface area (Å²) >= 11 is 0. The molecule has 180 valence electrons. The maximum atomic E-state index is 6.64.